The van der Waals surface area contributed by atoms with Crippen LogP contribution >= 0.6 is 11.6 Å². The van der Waals surface area contributed by atoms with Crippen molar-refractivity contribution in [3.63, 3.8) is 0 Å². The summed E-state index contributed by atoms with van der Waals surface area (Å²) in [5.41, 5.74) is -0.0322. The molecule has 110 valence electrons. The van der Waals surface area contributed by atoms with E-state index in [1.807, 2.05) is 6.92 Å². The quantitative estimate of drug-likeness (QED) is 0.905. The molecule has 0 saturated carbocycles. The third-order valence-corrected chi connectivity index (χ3v) is 2.93. The second-order valence-corrected chi connectivity index (χ2v) is 4.57. The van der Waals surface area contributed by atoms with Gasteiger partial charge in [-0.05, 0) is 25.1 Å². The third-order valence-electron chi connectivity index (χ3n) is 2.63. The Morgan fingerprint density at radius 2 is 2.10 bits per heavy atom. The highest BCUT2D eigenvalue weighted by Crippen LogP contribution is 2.26. The molecule has 0 unspecified atom stereocenters. The smallest absolute Gasteiger partial charge is 0.257 e. The van der Waals surface area contributed by atoms with Gasteiger partial charge in [-0.15, -0.1) is 0 Å². The van der Waals surface area contributed by atoms with Gasteiger partial charge in [0.2, 0.25) is 0 Å². The van der Waals surface area contributed by atoms with Gasteiger partial charge in [0.25, 0.3) is 5.91 Å². The molecule has 1 amide bonds. The lowest BCUT2D eigenvalue weighted by atomic mass is 10.2. The number of carbonyl (C=O) groups is 1. The minimum Gasteiger partial charge on any atom is -0.370 e. The van der Waals surface area contributed by atoms with Crippen LogP contribution in [0.3, 0.4) is 0 Å². The molecule has 0 radical (unpaired) electrons. The van der Waals surface area contributed by atoms with Crippen LogP contribution in [0, 0.1) is 11.6 Å². The van der Waals surface area contributed by atoms with Crippen LogP contribution < -0.4 is 10.6 Å². The van der Waals surface area contributed by atoms with Crippen LogP contribution in [0.2, 0.25) is 5.02 Å². The lowest BCUT2D eigenvalue weighted by molar-refractivity contribution is 0.102. The topological polar surface area (TPSA) is 54.0 Å². The van der Waals surface area contributed by atoms with E-state index in [1.165, 1.54) is 12.3 Å². The van der Waals surface area contributed by atoms with Gasteiger partial charge in [-0.1, -0.05) is 11.6 Å². The average molecular weight is 312 g/mol. The number of pyridine rings is 1. The summed E-state index contributed by atoms with van der Waals surface area (Å²) < 4.78 is 26.5. The molecule has 0 saturated heterocycles. The maximum atomic E-state index is 13.6. The number of amides is 1. The molecule has 0 aliphatic heterocycles. The SMILES string of the molecule is CCNc1ccc(C(=O)Nc2c(F)cc(F)cc2Cl)cn1. The van der Waals surface area contributed by atoms with Crippen molar-refractivity contribution in [2.24, 2.45) is 0 Å². The number of nitrogens with one attached hydrogen (secondary N) is 2. The lowest BCUT2D eigenvalue weighted by Gasteiger charge is -2.09. The van der Waals surface area contributed by atoms with Crippen molar-refractivity contribution >= 4 is 29.0 Å². The molecule has 0 aliphatic carbocycles. The number of benzene rings is 1. The highest BCUT2D eigenvalue weighted by molar-refractivity contribution is 6.34. The van der Waals surface area contributed by atoms with Crippen LogP contribution in [0.1, 0.15) is 17.3 Å². The molecule has 0 fully saturated rings. The van der Waals surface area contributed by atoms with Crippen LogP contribution in [-0.2, 0) is 0 Å². The van der Waals surface area contributed by atoms with E-state index in [-0.39, 0.29) is 16.3 Å². The van der Waals surface area contributed by atoms with Crippen molar-refractivity contribution in [2.45, 2.75) is 6.92 Å². The fraction of sp³-hybridized carbons (Fsp3) is 0.143. The summed E-state index contributed by atoms with van der Waals surface area (Å²) in [5, 5.41) is 5.07. The van der Waals surface area contributed by atoms with Crippen LogP contribution in [-0.4, -0.2) is 17.4 Å². The average Bonchev–Trinajstić information content (AvgIpc) is 2.43. The summed E-state index contributed by atoms with van der Waals surface area (Å²) in [4.78, 5) is 16.0. The Labute approximate surface area is 125 Å². The number of anilines is 2. The second kappa shape index (κ2) is 6.49. The van der Waals surface area contributed by atoms with Crippen LogP contribution in [0.5, 0.6) is 0 Å². The van der Waals surface area contributed by atoms with E-state index in [0.29, 0.717) is 18.4 Å². The Morgan fingerprint density at radius 1 is 1.33 bits per heavy atom. The van der Waals surface area contributed by atoms with E-state index in [2.05, 4.69) is 15.6 Å². The van der Waals surface area contributed by atoms with E-state index in [1.54, 1.807) is 6.07 Å². The Kier molecular flexibility index (Phi) is 4.70. The van der Waals surface area contributed by atoms with Crippen molar-refractivity contribution in [3.8, 4) is 0 Å². The van der Waals surface area contributed by atoms with E-state index in [0.717, 1.165) is 6.07 Å². The predicted octanol–water partition coefficient (Wildman–Crippen LogP) is 3.70. The van der Waals surface area contributed by atoms with Gasteiger partial charge in [-0.25, -0.2) is 13.8 Å². The zero-order valence-corrected chi connectivity index (χ0v) is 11.8. The van der Waals surface area contributed by atoms with Gasteiger partial charge in [-0.3, -0.25) is 4.79 Å². The van der Waals surface area contributed by atoms with Crippen LogP contribution in [0.25, 0.3) is 0 Å². The molecule has 7 heteroatoms. The fourth-order valence-corrected chi connectivity index (χ4v) is 1.90. The van der Waals surface area contributed by atoms with E-state index >= 15 is 0 Å². The molecule has 0 spiro atoms. The number of aromatic nitrogens is 1. The molecule has 4 nitrogen and oxygen atoms in total. The number of carbonyl (C=O) groups excluding carboxylic acids is 1. The molecule has 2 N–H and O–H groups in total. The molecule has 0 atom stereocenters. The standard InChI is InChI=1S/C14H12ClF2N3O/c1-2-18-12-4-3-8(7-19-12)14(21)20-13-10(15)5-9(16)6-11(13)17/h3-7H,2H2,1H3,(H,18,19)(H,20,21). The lowest BCUT2D eigenvalue weighted by Crippen LogP contribution is -2.14. The molecule has 1 aromatic heterocycles. The highest BCUT2D eigenvalue weighted by Gasteiger charge is 2.14. The summed E-state index contributed by atoms with van der Waals surface area (Å²) in [6.07, 6.45) is 1.35. The molecule has 2 rings (SSSR count). The summed E-state index contributed by atoms with van der Waals surface area (Å²) >= 11 is 5.71. The molecule has 1 aromatic carbocycles. The first-order valence-electron chi connectivity index (χ1n) is 6.17. The Balaban J connectivity index is 2.18. The fourth-order valence-electron chi connectivity index (χ4n) is 1.66. The third kappa shape index (κ3) is 3.66. The van der Waals surface area contributed by atoms with Gasteiger partial charge in [0.05, 0.1) is 16.3 Å². The summed E-state index contributed by atoms with van der Waals surface area (Å²) in [6.45, 7) is 2.62. The van der Waals surface area contributed by atoms with Gasteiger partial charge in [0, 0.05) is 18.8 Å². The zero-order chi connectivity index (χ0) is 15.4. The summed E-state index contributed by atoms with van der Waals surface area (Å²) in [7, 11) is 0. The largest absolute Gasteiger partial charge is 0.370 e. The van der Waals surface area contributed by atoms with Crippen molar-refractivity contribution in [2.75, 3.05) is 17.2 Å². The van der Waals surface area contributed by atoms with Gasteiger partial charge in [0.15, 0.2) is 5.82 Å². The van der Waals surface area contributed by atoms with Crippen molar-refractivity contribution in [1.29, 1.82) is 0 Å². The maximum absolute atomic E-state index is 13.6. The summed E-state index contributed by atoms with van der Waals surface area (Å²) in [6, 6.07) is 4.73. The van der Waals surface area contributed by atoms with Gasteiger partial charge < -0.3 is 10.6 Å². The monoisotopic (exact) mass is 311 g/mol. The molecule has 0 bridgehead atoms. The Bertz CT molecular complexity index is 639. The normalized spacial score (nSPS) is 10.3. The molecule has 21 heavy (non-hydrogen) atoms. The molecular formula is C14H12ClF2N3O. The predicted molar refractivity (Wildman–Crippen MR) is 77.7 cm³/mol. The van der Waals surface area contributed by atoms with Crippen LogP contribution in [0.15, 0.2) is 30.5 Å². The second-order valence-electron chi connectivity index (χ2n) is 4.16. The van der Waals surface area contributed by atoms with E-state index < -0.39 is 17.5 Å². The Hall–Kier alpha value is -2.21. The van der Waals surface area contributed by atoms with E-state index in [9.17, 15) is 13.6 Å². The summed E-state index contributed by atoms with van der Waals surface area (Å²) in [5.74, 6) is -1.71. The number of nitrogens with zero attached hydrogens (tertiary/aromatic N) is 1. The van der Waals surface area contributed by atoms with Gasteiger partial charge in [-0.2, -0.15) is 0 Å². The molecule has 2 aromatic rings. The van der Waals surface area contributed by atoms with Gasteiger partial charge in [0.1, 0.15) is 11.6 Å². The first kappa shape index (κ1) is 15.2. The minimum atomic E-state index is -0.939. The Morgan fingerprint density at radius 3 is 2.67 bits per heavy atom. The van der Waals surface area contributed by atoms with Crippen LogP contribution in [0.4, 0.5) is 20.3 Å². The maximum Gasteiger partial charge on any atom is 0.257 e. The highest BCUT2D eigenvalue weighted by atomic mass is 35.5. The van der Waals surface area contributed by atoms with Crippen molar-refractivity contribution in [1.82, 2.24) is 4.98 Å². The number of halogens is 3. The van der Waals surface area contributed by atoms with Crippen molar-refractivity contribution < 1.29 is 13.6 Å². The number of hydrogen-bond acceptors (Lipinski definition) is 3. The zero-order valence-electron chi connectivity index (χ0n) is 11.1. The first-order valence-corrected chi connectivity index (χ1v) is 6.55. The molecular weight excluding hydrogens is 300 g/mol. The van der Waals surface area contributed by atoms with E-state index in [4.69, 9.17) is 11.6 Å². The van der Waals surface area contributed by atoms with Crippen molar-refractivity contribution in [3.05, 3.63) is 52.7 Å². The minimum absolute atomic E-state index is 0.210. The molecule has 0 aliphatic rings. The first-order chi connectivity index (χ1) is 10.0. The van der Waals surface area contributed by atoms with Gasteiger partial charge >= 0.3 is 0 Å². The molecule has 1 heterocycles. The number of hydrogen-bond donors (Lipinski definition) is 2. The number of rotatable bonds is 4.